The number of fused-ring (bicyclic) bond motifs is 1. The molecule has 2 fully saturated rings. The molecule has 32 heavy (non-hydrogen) atoms. The van der Waals surface area contributed by atoms with E-state index in [2.05, 4.69) is 20.9 Å². The first-order valence-corrected chi connectivity index (χ1v) is 12.0. The maximum Gasteiger partial charge on any atom is 0.234 e. The van der Waals surface area contributed by atoms with E-state index < -0.39 is 0 Å². The number of carbonyl (C=O) groups excluding carboxylic acids is 2. The number of nitrogens with zero attached hydrogens (tertiary/aromatic N) is 1. The van der Waals surface area contributed by atoms with Crippen LogP contribution in [0.1, 0.15) is 17.5 Å². The predicted molar refractivity (Wildman–Crippen MR) is 126 cm³/mol. The van der Waals surface area contributed by atoms with Crippen molar-refractivity contribution < 1.29 is 14.0 Å². The van der Waals surface area contributed by atoms with Gasteiger partial charge in [0.15, 0.2) is 0 Å². The number of benzene rings is 2. The van der Waals surface area contributed by atoms with Crippen LogP contribution in [0.2, 0.25) is 5.02 Å². The first-order valence-electron chi connectivity index (χ1n) is 10.6. The van der Waals surface area contributed by atoms with Crippen LogP contribution in [-0.4, -0.2) is 47.1 Å². The number of amides is 2. The standard InChI is InChI=1S/C23H26ClFN4O2S/c1-14-18(24)3-2-4-19(14)26-21(30)13-32-23-27-20-9-10-29(12-17(20)22(31)28-23)11-15-5-7-16(25)8-6-15/h2-8,17,20,23,27H,9-13H2,1H3,(H,26,30)(H,28,31). The Morgan fingerprint density at radius 3 is 2.84 bits per heavy atom. The molecule has 2 aliphatic heterocycles. The Kier molecular flexibility index (Phi) is 7.35. The largest absolute Gasteiger partial charge is 0.331 e. The van der Waals surface area contributed by atoms with Gasteiger partial charge in [0.2, 0.25) is 11.8 Å². The summed E-state index contributed by atoms with van der Waals surface area (Å²) in [7, 11) is 0. The summed E-state index contributed by atoms with van der Waals surface area (Å²) in [6.07, 6.45) is 0.838. The van der Waals surface area contributed by atoms with Gasteiger partial charge in [0.25, 0.3) is 0 Å². The lowest BCUT2D eigenvalue weighted by Crippen LogP contribution is -2.64. The third-order valence-corrected chi connectivity index (χ3v) is 7.34. The number of rotatable bonds is 6. The molecule has 2 amide bonds. The minimum Gasteiger partial charge on any atom is -0.331 e. The van der Waals surface area contributed by atoms with Gasteiger partial charge in [-0.15, -0.1) is 11.8 Å². The maximum atomic E-state index is 13.1. The van der Waals surface area contributed by atoms with Gasteiger partial charge in [-0.1, -0.05) is 29.8 Å². The first-order chi connectivity index (χ1) is 15.4. The van der Waals surface area contributed by atoms with Gasteiger partial charge in [0.1, 0.15) is 11.3 Å². The minimum atomic E-state index is -0.307. The van der Waals surface area contributed by atoms with Crippen LogP contribution >= 0.6 is 23.4 Å². The van der Waals surface area contributed by atoms with Crippen LogP contribution in [0.3, 0.4) is 0 Å². The topological polar surface area (TPSA) is 73.5 Å². The van der Waals surface area contributed by atoms with Crippen molar-refractivity contribution in [2.24, 2.45) is 5.92 Å². The van der Waals surface area contributed by atoms with Crippen molar-refractivity contribution in [1.82, 2.24) is 15.5 Å². The van der Waals surface area contributed by atoms with Crippen molar-refractivity contribution in [2.45, 2.75) is 31.4 Å². The molecule has 6 nitrogen and oxygen atoms in total. The number of thioether (sulfide) groups is 1. The van der Waals surface area contributed by atoms with Crippen LogP contribution in [0.15, 0.2) is 42.5 Å². The molecule has 2 aromatic carbocycles. The molecule has 9 heteroatoms. The molecule has 4 rings (SSSR count). The van der Waals surface area contributed by atoms with Crippen LogP contribution in [-0.2, 0) is 16.1 Å². The average Bonchev–Trinajstić information content (AvgIpc) is 2.77. The van der Waals surface area contributed by atoms with E-state index >= 15 is 0 Å². The van der Waals surface area contributed by atoms with Crippen molar-refractivity contribution in [2.75, 3.05) is 24.2 Å². The number of hydrogen-bond acceptors (Lipinski definition) is 5. The highest BCUT2D eigenvalue weighted by Crippen LogP contribution is 2.26. The van der Waals surface area contributed by atoms with E-state index in [0.29, 0.717) is 23.8 Å². The summed E-state index contributed by atoms with van der Waals surface area (Å²) < 4.78 is 13.1. The molecule has 3 atom stereocenters. The highest BCUT2D eigenvalue weighted by molar-refractivity contribution is 8.00. The monoisotopic (exact) mass is 476 g/mol. The Labute approximate surface area is 196 Å². The van der Waals surface area contributed by atoms with Crippen molar-refractivity contribution in [3.8, 4) is 0 Å². The summed E-state index contributed by atoms with van der Waals surface area (Å²) in [6, 6.07) is 11.9. The molecule has 0 saturated carbocycles. The molecule has 2 aromatic rings. The van der Waals surface area contributed by atoms with Gasteiger partial charge < -0.3 is 10.6 Å². The zero-order valence-electron chi connectivity index (χ0n) is 17.7. The Hall–Kier alpha value is -2.13. The molecule has 0 radical (unpaired) electrons. The highest BCUT2D eigenvalue weighted by Gasteiger charge is 2.40. The second kappa shape index (κ2) is 10.2. The van der Waals surface area contributed by atoms with Gasteiger partial charge in [-0.05, 0) is 48.7 Å². The fourth-order valence-electron chi connectivity index (χ4n) is 4.13. The molecule has 3 unspecified atom stereocenters. The van der Waals surface area contributed by atoms with E-state index in [4.69, 9.17) is 11.6 Å². The second-order valence-corrected chi connectivity index (χ2v) is 9.69. The quantitative estimate of drug-likeness (QED) is 0.596. The number of carbonyl (C=O) groups is 2. The predicted octanol–water partition coefficient (Wildman–Crippen LogP) is 3.35. The van der Waals surface area contributed by atoms with Crippen molar-refractivity contribution in [3.05, 3.63) is 64.4 Å². The molecule has 0 aliphatic carbocycles. The molecule has 2 saturated heterocycles. The molecule has 3 N–H and O–H groups in total. The van der Waals surface area contributed by atoms with Crippen LogP contribution in [0.4, 0.5) is 10.1 Å². The summed E-state index contributed by atoms with van der Waals surface area (Å²) in [6.45, 7) is 4.05. The van der Waals surface area contributed by atoms with E-state index in [9.17, 15) is 14.0 Å². The fraction of sp³-hybridized carbons (Fsp3) is 0.391. The lowest BCUT2D eigenvalue weighted by molar-refractivity contribution is -0.130. The van der Waals surface area contributed by atoms with Gasteiger partial charge in [-0.2, -0.15) is 0 Å². The summed E-state index contributed by atoms with van der Waals surface area (Å²) in [4.78, 5) is 27.3. The third-order valence-electron chi connectivity index (χ3n) is 5.91. The van der Waals surface area contributed by atoms with Crippen LogP contribution in [0, 0.1) is 18.7 Å². The van der Waals surface area contributed by atoms with Gasteiger partial charge in [0.05, 0.1) is 11.7 Å². The lowest BCUT2D eigenvalue weighted by Gasteiger charge is -2.43. The van der Waals surface area contributed by atoms with Crippen molar-refractivity contribution in [3.63, 3.8) is 0 Å². The van der Waals surface area contributed by atoms with Crippen LogP contribution in [0.5, 0.6) is 0 Å². The van der Waals surface area contributed by atoms with E-state index in [1.165, 1.54) is 23.9 Å². The maximum absolute atomic E-state index is 13.1. The van der Waals surface area contributed by atoms with Gasteiger partial charge in [0, 0.05) is 36.4 Å². The van der Waals surface area contributed by atoms with Crippen molar-refractivity contribution >= 4 is 40.9 Å². The van der Waals surface area contributed by atoms with E-state index in [1.807, 2.05) is 13.0 Å². The smallest absolute Gasteiger partial charge is 0.234 e. The third kappa shape index (κ3) is 5.61. The summed E-state index contributed by atoms with van der Waals surface area (Å²) in [5.41, 5.74) is 2.24. The highest BCUT2D eigenvalue weighted by atomic mass is 35.5. The number of piperidine rings is 1. The van der Waals surface area contributed by atoms with Crippen LogP contribution in [0.25, 0.3) is 0 Å². The molecule has 2 heterocycles. The van der Waals surface area contributed by atoms with Gasteiger partial charge in [-0.3, -0.25) is 19.8 Å². The fourth-order valence-corrected chi connectivity index (χ4v) is 5.16. The molecule has 170 valence electrons. The van der Waals surface area contributed by atoms with E-state index in [-0.39, 0.29) is 40.8 Å². The molecule has 0 bridgehead atoms. The Balaban J connectivity index is 1.26. The molecule has 0 spiro atoms. The first kappa shape index (κ1) is 23.0. The van der Waals surface area contributed by atoms with Gasteiger partial charge in [-0.25, -0.2) is 4.39 Å². The SMILES string of the molecule is Cc1c(Cl)cccc1NC(=O)CSC1NC(=O)C2CN(Cc3ccc(F)cc3)CCC2N1. The summed E-state index contributed by atoms with van der Waals surface area (Å²) in [5.74, 6) is -0.334. The zero-order chi connectivity index (χ0) is 22.7. The van der Waals surface area contributed by atoms with Gasteiger partial charge >= 0.3 is 0 Å². The molecular weight excluding hydrogens is 451 g/mol. The number of likely N-dealkylation sites (tertiary alicyclic amines) is 1. The van der Waals surface area contributed by atoms with Crippen molar-refractivity contribution in [1.29, 1.82) is 0 Å². The Morgan fingerprint density at radius 1 is 1.28 bits per heavy atom. The number of anilines is 1. The van der Waals surface area contributed by atoms with Crippen LogP contribution < -0.4 is 16.0 Å². The lowest BCUT2D eigenvalue weighted by atomic mass is 9.89. The number of nitrogens with one attached hydrogen (secondary N) is 3. The number of hydrogen-bond donors (Lipinski definition) is 3. The summed E-state index contributed by atoms with van der Waals surface area (Å²) >= 11 is 7.47. The van der Waals surface area contributed by atoms with E-state index in [0.717, 1.165) is 24.1 Å². The summed E-state index contributed by atoms with van der Waals surface area (Å²) in [5, 5.41) is 9.93. The molecule has 2 aliphatic rings. The zero-order valence-corrected chi connectivity index (χ0v) is 19.3. The normalized spacial score (nSPS) is 23.3. The van der Waals surface area contributed by atoms with E-state index in [1.54, 1.807) is 24.3 Å². The Morgan fingerprint density at radius 2 is 2.06 bits per heavy atom. The molecule has 0 aromatic heterocycles. The second-order valence-electron chi connectivity index (χ2n) is 8.19. The Bertz CT molecular complexity index is 990. The molecular formula is C23H26ClFN4O2S. The number of halogens is 2. The minimum absolute atomic E-state index is 0.00106. The average molecular weight is 477 g/mol.